The van der Waals surface area contributed by atoms with Crippen LogP contribution in [0.4, 0.5) is 0 Å². The van der Waals surface area contributed by atoms with Gasteiger partial charge in [-0.3, -0.25) is 9.59 Å². The number of carbonyl (C=O) groups is 3. The lowest BCUT2D eigenvalue weighted by atomic mass is 10.0. The molecule has 0 bridgehead atoms. The minimum absolute atomic E-state index is 0.323. The summed E-state index contributed by atoms with van der Waals surface area (Å²) in [5.41, 5.74) is 0.887. The Hall–Kier alpha value is -2.43. The third-order valence-corrected chi connectivity index (χ3v) is 2.39. The van der Waals surface area contributed by atoms with Crippen molar-refractivity contribution in [1.29, 1.82) is 0 Å². The molecule has 2 N–H and O–H groups in total. The van der Waals surface area contributed by atoms with E-state index in [1.807, 2.05) is 30.3 Å². The van der Waals surface area contributed by atoms with E-state index in [9.17, 15) is 14.4 Å². The van der Waals surface area contributed by atoms with E-state index >= 15 is 0 Å². The zero-order chi connectivity index (χ0) is 14.3. The molecule has 100 valence electrons. The zero-order valence-electron chi connectivity index (χ0n) is 10.5. The number of carboxylic acid groups (broad SMARTS) is 1. The third kappa shape index (κ3) is 5.63. The number of carboxylic acids is 1. The SMILES string of the molecule is CC(=O)NC(Cc1ccccc1)C(=O)/C=C/C(=O)O. The predicted molar refractivity (Wildman–Crippen MR) is 69.5 cm³/mol. The molecule has 0 aliphatic rings. The molecule has 0 aromatic heterocycles. The van der Waals surface area contributed by atoms with Crippen LogP contribution in [0.2, 0.25) is 0 Å². The van der Waals surface area contributed by atoms with Gasteiger partial charge < -0.3 is 10.4 Å². The first-order valence-electron chi connectivity index (χ1n) is 5.75. The molecule has 1 rings (SSSR count). The van der Waals surface area contributed by atoms with Gasteiger partial charge in [-0.05, 0) is 11.6 Å². The second-order valence-corrected chi connectivity index (χ2v) is 4.02. The normalized spacial score (nSPS) is 12.1. The van der Waals surface area contributed by atoms with Crippen molar-refractivity contribution in [2.75, 3.05) is 0 Å². The number of aliphatic carboxylic acids is 1. The van der Waals surface area contributed by atoms with Crippen LogP contribution in [-0.2, 0) is 20.8 Å². The van der Waals surface area contributed by atoms with E-state index in [0.29, 0.717) is 6.42 Å². The summed E-state index contributed by atoms with van der Waals surface area (Å²) >= 11 is 0. The van der Waals surface area contributed by atoms with Gasteiger partial charge in [0, 0.05) is 19.4 Å². The monoisotopic (exact) mass is 261 g/mol. The molecular formula is C14H15NO4. The second kappa shape index (κ2) is 7.10. The minimum Gasteiger partial charge on any atom is -0.478 e. The van der Waals surface area contributed by atoms with Crippen molar-refractivity contribution in [3.05, 3.63) is 48.0 Å². The first kappa shape index (κ1) is 14.6. The molecule has 0 aliphatic heterocycles. The van der Waals surface area contributed by atoms with E-state index in [0.717, 1.165) is 17.7 Å². The van der Waals surface area contributed by atoms with Crippen molar-refractivity contribution in [3.63, 3.8) is 0 Å². The van der Waals surface area contributed by atoms with Gasteiger partial charge in [-0.1, -0.05) is 30.3 Å². The second-order valence-electron chi connectivity index (χ2n) is 4.02. The number of benzene rings is 1. The lowest BCUT2D eigenvalue weighted by Gasteiger charge is -2.14. The molecule has 1 unspecified atom stereocenters. The lowest BCUT2D eigenvalue weighted by molar-refractivity contribution is -0.131. The molecule has 0 fully saturated rings. The third-order valence-electron chi connectivity index (χ3n) is 2.39. The van der Waals surface area contributed by atoms with Crippen LogP contribution in [0.3, 0.4) is 0 Å². The average molecular weight is 261 g/mol. The number of hydrogen-bond acceptors (Lipinski definition) is 3. The van der Waals surface area contributed by atoms with Crippen molar-refractivity contribution >= 4 is 17.7 Å². The molecule has 0 saturated carbocycles. The van der Waals surface area contributed by atoms with E-state index < -0.39 is 17.8 Å². The fourth-order valence-electron chi connectivity index (χ4n) is 1.59. The first-order valence-corrected chi connectivity index (χ1v) is 5.75. The van der Waals surface area contributed by atoms with Crippen LogP contribution in [0.15, 0.2) is 42.5 Å². The fraction of sp³-hybridized carbons (Fsp3) is 0.214. The average Bonchev–Trinajstić information content (AvgIpc) is 2.36. The van der Waals surface area contributed by atoms with Gasteiger partial charge in [-0.2, -0.15) is 0 Å². The van der Waals surface area contributed by atoms with Crippen LogP contribution in [0.5, 0.6) is 0 Å². The number of rotatable bonds is 6. The van der Waals surface area contributed by atoms with Gasteiger partial charge in [0.1, 0.15) is 0 Å². The molecule has 5 nitrogen and oxygen atoms in total. The van der Waals surface area contributed by atoms with Crippen molar-refractivity contribution in [2.24, 2.45) is 0 Å². The summed E-state index contributed by atoms with van der Waals surface area (Å²) in [7, 11) is 0. The van der Waals surface area contributed by atoms with Gasteiger partial charge in [0.05, 0.1) is 6.04 Å². The largest absolute Gasteiger partial charge is 0.478 e. The summed E-state index contributed by atoms with van der Waals surface area (Å²) < 4.78 is 0. The molecule has 1 amide bonds. The van der Waals surface area contributed by atoms with E-state index in [4.69, 9.17) is 5.11 Å². The standard InChI is InChI=1S/C14H15NO4/c1-10(16)15-12(13(17)7-8-14(18)19)9-11-5-3-2-4-6-11/h2-8,12H,9H2,1H3,(H,15,16)(H,18,19)/b8-7+. The Morgan fingerprint density at radius 1 is 1.21 bits per heavy atom. The maximum Gasteiger partial charge on any atom is 0.328 e. The highest BCUT2D eigenvalue weighted by Crippen LogP contribution is 2.04. The first-order chi connectivity index (χ1) is 8.99. The molecule has 0 aliphatic carbocycles. The van der Waals surface area contributed by atoms with Gasteiger partial charge >= 0.3 is 5.97 Å². The van der Waals surface area contributed by atoms with Crippen molar-refractivity contribution in [3.8, 4) is 0 Å². The highest BCUT2D eigenvalue weighted by molar-refractivity contribution is 6.00. The van der Waals surface area contributed by atoms with Crippen LogP contribution in [0.1, 0.15) is 12.5 Å². The highest BCUT2D eigenvalue weighted by atomic mass is 16.4. The Bertz CT molecular complexity index is 493. The van der Waals surface area contributed by atoms with Gasteiger partial charge in [0.2, 0.25) is 5.91 Å². The summed E-state index contributed by atoms with van der Waals surface area (Å²) in [6, 6.07) is 8.43. The topological polar surface area (TPSA) is 83.5 Å². The number of ketones is 1. The zero-order valence-corrected chi connectivity index (χ0v) is 10.5. The molecule has 19 heavy (non-hydrogen) atoms. The van der Waals surface area contributed by atoms with Crippen molar-refractivity contribution < 1.29 is 19.5 Å². The Morgan fingerprint density at radius 3 is 2.37 bits per heavy atom. The number of hydrogen-bond donors (Lipinski definition) is 2. The van der Waals surface area contributed by atoms with Crippen LogP contribution in [-0.4, -0.2) is 28.8 Å². The molecule has 0 saturated heterocycles. The lowest BCUT2D eigenvalue weighted by Crippen LogP contribution is -2.40. The molecule has 0 radical (unpaired) electrons. The Kier molecular flexibility index (Phi) is 5.47. The van der Waals surface area contributed by atoms with E-state index in [1.165, 1.54) is 6.92 Å². The van der Waals surface area contributed by atoms with Crippen molar-refractivity contribution in [1.82, 2.24) is 5.32 Å². The Labute approximate surface area is 110 Å². The smallest absolute Gasteiger partial charge is 0.328 e. The molecular weight excluding hydrogens is 246 g/mol. The van der Waals surface area contributed by atoms with E-state index in [2.05, 4.69) is 5.32 Å². The summed E-state index contributed by atoms with van der Waals surface area (Å²) in [5.74, 6) is -1.98. The molecule has 0 heterocycles. The van der Waals surface area contributed by atoms with Crippen LogP contribution < -0.4 is 5.32 Å². The Morgan fingerprint density at radius 2 is 1.84 bits per heavy atom. The summed E-state index contributed by atoms with van der Waals surface area (Å²) in [6.07, 6.45) is 2.05. The van der Waals surface area contributed by atoms with Gasteiger partial charge in [-0.25, -0.2) is 4.79 Å². The molecule has 0 spiro atoms. The summed E-state index contributed by atoms with van der Waals surface area (Å²) in [6.45, 7) is 1.31. The maximum absolute atomic E-state index is 11.8. The molecule has 5 heteroatoms. The highest BCUT2D eigenvalue weighted by Gasteiger charge is 2.17. The quantitative estimate of drug-likeness (QED) is 0.747. The molecule has 1 aromatic rings. The number of amides is 1. The van der Waals surface area contributed by atoms with Crippen molar-refractivity contribution in [2.45, 2.75) is 19.4 Å². The molecule has 1 atom stereocenters. The van der Waals surface area contributed by atoms with E-state index in [1.54, 1.807) is 0 Å². The van der Waals surface area contributed by atoms with Crippen LogP contribution in [0.25, 0.3) is 0 Å². The van der Waals surface area contributed by atoms with Gasteiger partial charge in [0.15, 0.2) is 5.78 Å². The summed E-state index contributed by atoms with van der Waals surface area (Å²) in [5, 5.41) is 11.0. The fourth-order valence-corrected chi connectivity index (χ4v) is 1.59. The van der Waals surface area contributed by atoms with Gasteiger partial charge in [-0.15, -0.1) is 0 Å². The van der Waals surface area contributed by atoms with Crippen LogP contribution in [0, 0.1) is 0 Å². The number of carbonyl (C=O) groups excluding carboxylic acids is 2. The molecule has 1 aromatic carbocycles. The predicted octanol–water partition coefficient (Wildman–Crippen LogP) is 0.944. The van der Waals surface area contributed by atoms with Crippen LogP contribution >= 0.6 is 0 Å². The maximum atomic E-state index is 11.8. The minimum atomic E-state index is -1.20. The number of nitrogens with one attached hydrogen (secondary N) is 1. The van der Waals surface area contributed by atoms with E-state index in [-0.39, 0.29) is 5.91 Å². The Balaban J connectivity index is 2.80. The van der Waals surface area contributed by atoms with Gasteiger partial charge in [0.25, 0.3) is 0 Å². The summed E-state index contributed by atoms with van der Waals surface area (Å²) in [4.78, 5) is 33.3.